The minimum Gasteiger partial charge on any atom is -0.350 e. The van der Waals surface area contributed by atoms with Gasteiger partial charge in [-0.3, -0.25) is 4.79 Å². The number of hydrogen-bond acceptors (Lipinski definition) is 2. The summed E-state index contributed by atoms with van der Waals surface area (Å²) in [7, 11) is 0. The number of halogens is 1. The maximum Gasteiger partial charge on any atom is 0.221 e. The van der Waals surface area contributed by atoms with Crippen LogP contribution in [0.1, 0.15) is 62.6 Å². The van der Waals surface area contributed by atoms with Crippen molar-refractivity contribution >= 4 is 18.3 Å². The van der Waals surface area contributed by atoms with Crippen molar-refractivity contribution in [2.45, 2.75) is 58.4 Å². The summed E-state index contributed by atoms with van der Waals surface area (Å²) in [5.41, 5.74) is 8.42. The number of carbonyl (C=O) groups is 1. The molecular formula is C18H29ClN2O. The molecule has 0 bridgehead atoms. The highest BCUT2D eigenvalue weighted by Gasteiger charge is 2.33. The predicted octanol–water partition coefficient (Wildman–Crippen LogP) is 3.89. The Morgan fingerprint density at radius 3 is 2.50 bits per heavy atom. The van der Waals surface area contributed by atoms with E-state index < -0.39 is 0 Å². The molecule has 0 heterocycles. The van der Waals surface area contributed by atoms with Crippen LogP contribution in [0.15, 0.2) is 24.3 Å². The molecule has 1 aromatic carbocycles. The molecule has 1 unspecified atom stereocenters. The molecule has 1 saturated carbocycles. The van der Waals surface area contributed by atoms with Crippen molar-refractivity contribution in [3.63, 3.8) is 0 Å². The first-order chi connectivity index (χ1) is 10.1. The Morgan fingerprint density at radius 2 is 1.91 bits per heavy atom. The van der Waals surface area contributed by atoms with Crippen LogP contribution in [-0.2, 0) is 4.79 Å². The average molecular weight is 325 g/mol. The summed E-state index contributed by atoms with van der Waals surface area (Å²) in [6.45, 7) is 4.76. The topological polar surface area (TPSA) is 55.1 Å². The molecule has 1 atom stereocenters. The third kappa shape index (κ3) is 4.72. The van der Waals surface area contributed by atoms with Crippen LogP contribution in [0.2, 0.25) is 0 Å². The van der Waals surface area contributed by atoms with Gasteiger partial charge >= 0.3 is 0 Å². The van der Waals surface area contributed by atoms with Gasteiger partial charge in [0.25, 0.3) is 0 Å². The molecule has 22 heavy (non-hydrogen) atoms. The van der Waals surface area contributed by atoms with Crippen molar-refractivity contribution < 1.29 is 4.79 Å². The van der Waals surface area contributed by atoms with Gasteiger partial charge in [-0.25, -0.2) is 0 Å². The molecule has 0 radical (unpaired) electrons. The molecule has 3 N–H and O–H groups in total. The zero-order chi connectivity index (χ0) is 15.3. The maximum atomic E-state index is 12.4. The molecule has 3 nitrogen and oxygen atoms in total. The molecule has 1 amide bonds. The molecule has 0 saturated heterocycles. The van der Waals surface area contributed by atoms with Crippen LogP contribution in [0.4, 0.5) is 0 Å². The highest BCUT2D eigenvalue weighted by molar-refractivity contribution is 5.85. The number of benzene rings is 1. The highest BCUT2D eigenvalue weighted by atomic mass is 35.5. The molecule has 1 fully saturated rings. The van der Waals surface area contributed by atoms with Crippen molar-refractivity contribution in [2.24, 2.45) is 11.1 Å². The second-order valence-electron chi connectivity index (χ2n) is 6.59. The Balaban J connectivity index is 0.00000242. The van der Waals surface area contributed by atoms with E-state index in [2.05, 4.69) is 31.3 Å². The lowest BCUT2D eigenvalue weighted by Crippen LogP contribution is -2.39. The van der Waals surface area contributed by atoms with Gasteiger partial charge in [-0.2, -0.15) is 0 Å². The van der Waals surface area contributed by atoms with Crippen molar-refractivity contribution in [3.8, 4) is 0 Å². The molecule has 2 rings (SSSR count). The normalized spacial score (nSPS) is 18.1. The number of hydrogen-bond donors (Lipinski definition) is 2. The molecule has 124 valence electrons. The van der Waals surface area contributed by atoms with E-state index >= 15 is 0 Å². The van der Waals surface area contributed by atoms with E-state index in [1.807, 2.05) is 12.1 Å². The standard InChI is InChI=1S/C18H28N2O.ClH/c1-14-8-4-5-9-16(14)15(2)20-17(21)12-18(13-19)10-6-3-7-11-18;/h4-5,8-9,15H,3,6-7,10-13,19H2,1-2H3,(H,20,21);1H. The van der Waals surface area contributed by atoms with E-state index in [4.69, 9.17) is 5.73 Å². The van der Waals surface area contributed by atoms with E-state index in [9.17, 15) is 4.79 Å². The summed E-state index contributed by atoms with van der Waals surface area (Å²) >= 11 is 0. The first-order valence-corrected chi connectivity index (χ1v) is 8.11. The number of rotatable bonds is 5. The zero-order valence-corrected chi connectivity index (χ0v) is 14.5. The molecule has 0 aliphatic heterocycles. The van der Waals surface area contributed by atoms with Crippen molar-refractivity contribution in [1.29, 1.82) is 0 Å². The average Bonchev–Trinajstić information content (AvgIpc) is 2.48. The molecule has 4 heteroatoms. The molecule has 0 aromatic heterocycles. The van der Waals surface area contributed by atoms with Gasteiger partial charge in [-0.1, -0.05) is 43.5 Å². The minimum atomic E-state index is 0. The predicted molar refractivity (Wildman–Crippen MR) is 94.2 cm³/mol. The molecular weight excluding hydrogens is 296 g/mol. The molecule has 1 aliphatic carbocycles. The van der Waals surface area contributed by atoms with Crippen molar-refractivity contribution in [2.75, 3.05) is 6.54 Å². The van der Waals surface area contributed by atoms with E-state index in [0.717, 1.165) is 12.8 Å². The Hall–Kier alpha value is -1.06. The molecule has 1 aliphatic rings. The highest BCUT2D eigenvalue weighted by Crippen LogP contribution is 2.38. The van der Waals surface area contributed by atoms with Crippen LogP contribution >= 0.6 is 12.4 Å². The monoisotopic (exact) mass is 324 g/mol. The van der Waals surface area contributed by atoms with Crippen LogP contribution in [0.5, 0.6) is 0 Å². The Labute approximate surface area is 140 Å². The number of nitrogens with two attached hydrogens (primary N) is 1. The van der Waals surface area contributed by atoms with E-state index in [0.29, 0.717) is 13.0 Å². The number of amides is 1. The van der Waals surface area contributed by atoms with Crippen LogP contribution in [0.25, 0.3) is 0 Å². The van der Waals surface area contributed by atoms with Crippen molar-refractivity contribution in [3.05, 3.63) is 35.4 Å². The summed E-state index contributed by atoms with van der Waals surface area (Å²) in [4.78, 5) is 12.4. The van der Waals surface area contributed by atoms with Crippen molar-refractivity contribution in [1.82, 2.24) is 5.32 Å². The number of aryl methyl sites for hydroxylation is 1. The van der Waals surface area contributed by atoms with Gasteiger partial charge in [0.05, 0.1) is 6.04 Å². The Morgan fingerprint density at radius 1 is 1.27 bits per heavy atom. The van der Waals surface area contributed by atoms with Gasteiger partial charge in [0.2, 0.25) is 5.91 Å². The lowest BCUT2D eigenvalue weighted by Gasteiger charge is -2.36. The summed E-state index contributed by atoms with van der Waals surface area (Å²) in [5, 5.41) is 3.15. The Kier molecular flexibility index (Phi) is 7.37. The summed E-state index contributed by atoms with van der Waals surface area (Å²) in [6, 6.07) is 8.27. The van der Waals surface area contributed by atoms with Crippen LogP contribution in [0.3, 0.4) is 0 Å². The first kappa shape index (κ1) is 19.0. The smallest absolute Gasteiger partial charge is 0.221 e. The largest absolute Gasteiger partial charge is 0.350 e. The van der Waals surface area contributed by atoms with Gasteiger partial charge in [0, 0.05) is 6.42 Å². The fourth-order valence-electron chi connectivity index (χ4n) is 3.54. The third-order valence-corrected chi connectivity index (χ3v) is 4.92. The Bertz CT molecular complexity index is 484. The maximum absolute atomic E-state index is 12.4. The van der Waals surface area contributed by atoms with Gasteiger partial charge in [-0.15, -0.1) is 12.4 Å². The third-order valence-electron chi connectivity index (χ3n) is 4.92. The van der Waals surface area contributed by atoms with Crippen LogP contribution in [0, 0.1) is 12.3 Å². The molecule has 1 aromatic rings. The second kappa shape index (κ2) is 8.54. The number of carbonyl (C=O) groups excluding carboxylic acids is 1. The fraction of sp³-hybridized carbons (Fsp3) is 0.611. The van der Waals surface area contributed by atoms with Crippen LogP contribution in [-0.4, -0.2) is 12.5 Å². The van der Waals surface area contributed by atoms with Gasteiger partial charge < -0.3 is 11.1 Å². The van der Waals surface area contributed by atoms with E-state index in [-0.39, 0.29) is 29.8 Å². The summed E-state index contributed by atoms with van der Waals surface area (Å²) in [5.74, 6) is 0.137. The molecule has 0 spiro atoms. The summed E-state index contributed by atoms with van der Waals surface area (Å²) < 4.78 is 0. The van der Waals surface area contributed by atoms with Gasteiger partial charge in [0.15, 0.2) is 0 Å². The van der Waals surface area contributed by atoms with E-state index in [1.165, 1.54) is 30.4 Å². The van der Waals surface area contributed by atoms with Gasteiger partial charge in [-0.05, 0) is 49.8 Å². The lowest BCUT2D eigenvalue weighted by atomic mass is 9.71. The second-order valence-corrected chi connectivity index (χ2v) is 6.59. The zero-order valence-electron chi connectivity index (χ0n) is 13.7. The van der Waals surface area contributed by atoms with Crippen LogP contribution < -0.4 is 11.1 Å². The lowest BCUT2D eigenvalue weighted by molar-refractivity contribution is -0.124. The number of nitrogens with one attached hydrogen (secondary N) is 1. The SMILES string of the molecule is Cc1ccccc1C(C)NC(=O)CC1(CN)CCCCC1.Cl. The fourth-order valence-corrected chi connectivity index (χ4v) is 3.54. The summed E-state index contributed by atoms with van der Waals surface area (Å²) in [6.07, 6.45) is 6.45. The first-order valence-electron chi connectivity index (χ1n) is 8.11. The van der Waals surface area contributed by atoms with E-state index in [1.54, 1.807) is 0 Å². The minimum absolute atomic E-state index is 0. The van der Waals surface area contributed by atoms with Gasteiger partial charge in [0.1, 0.15) is 0 Å². The quantitative estimate of drug-likeness (QED) is 0.863.